The fourth-order valence-corrected chi connectivity index (χ4v) is 3.45. The Hall–Kier alpha value is -0.780. The number of amides is 1. The molecule has 2 saturated heterocycles. The van der Waals surface area contributed by atoms with E-state index in [1.165, 1.54) is 5.56 Å². The molecule has 2 fully saturated rings. The summed E-state index contributed by atoms with van der Waals surface area (Å²) < 4.78 is 0. The van der Waals surface area contributed by atoms with Crippen LogP contribution in [0, 0.1) is 5.92 Å². The maximum absolute atomic E-state index is 12.4. The highest BCUT2D eigenvalue weighted by Gasteiger charge is 2.23. The molecule has 0 aliphatic carbocycles. The molecule has 146 valence electrons. The Morgan fingerprint density at radius 3 is 2.31 bits per heavy atom. The zero-order valence-electron chi connectivity index (χ0n) is 14.9. The molecule has 1 amide bonds. The summed E-state index contributed by atoms with van der Waals surface area (Å²) in [6.07, 6.45) is 6.55. The van der Waals surface area contributed by atoms with Gasteiger partial charge in [-0.2, -0.15) is 0 Å². The predicted octanol–water partition coefficient (Wildman–Crippen LogP) is 3.34. The molecule has 4 nitrogen and oxygen atoms in total. The van der Waals surface area contributed by atoms with Crippen LogP contribution in [0.15, 0.2) is 30.3 Å². The zero-order valence-corrected chi connectivity index (χ0v) is 17.3. The van der Waals surface area contributed by atoms with Crippen LogP contribution >= 0.6 is 36.4 Å². The Morgan fingerprint density at radius 1 is 1.08 bits per heavy atom. The quantitative estimate of drug-likeness (QED) is 0.811. The summed E-state index contributed by atoms with van der Waals surface area (Å²) in [7, 11) is 0. The van der Waals surface area contributed by atoms with Gasteiger partial charge in [-0.3, -0.25) is 9.69 Å². The van der Waals surface area contributed by atoms with E-state index in [2.05, 4.69) is 22.4 Å². The van der Waals surface area contributed by atoms with Crippen LogP contribution in [0.3, 0.4) is 0 Å². The number of halogens is 3. The number of likely N-dealkylation sites (tertiary alicyclic amines) is 1. The van der Waals surface area contributed by atoms with Crippen LogP contribution in [-0.2, 0) is 4.79 Å². The molecule has 7 heteroatoms. The van der Waals surface area contributed by atoms with Crippen LogP contribution in [0.5, 0.6) is 0 Å². The number of hydrogen-bond donors (Lipinski definition) is 1. The number of nitrogens with zero attached hydrogens (tertiary/aromatic N) is 2. The molecule has 26 heavy (non-hydrogen) atoms. The van der Waals surface area contributed by atoms with E-state index >= 15 is 0 Å². The minimum atomic E-state index is 0. The number of piperidine rings is 1. The van der Waals surface area contributed by atoms with Crippen LogP contribution in [0.2, 0.25) is 5.02 Å². The van der Waals surface area contributed by atoms with Gasteiger partial charge in [-0.15, -0.1) is 24.8 Å². The second-order valence-electron chi connectivity index (χ2n) is 6.66. The van der Waals surface area contributed by atoms with E-state index in [4.69, 9.17) is 11.6 Å². The number of rotatable bonds is 4. The molecule has 0 atom stereocenters. The van der Waals surface area contributed by atoms with Crippen molar-refractivity contribution in [3.8, 4) is 0 Å². The average Bonchev–Trinajstić information content (AvgIpc) is 2.62. The first kappa shape index (κ1) is 23.3. The maximum Gasteiger partial charge on any atom is 0.236 e. The molecule has 2 heterocycles. The molecule has 0 unspecified atom stereocenters. The smallest absolute Gasteiger partial charge is 0.236 e. The number of benzene rings is 1. The first-order valence-electron chi connectivity index (χ1n) is 8.85. The van der Waals surface area contributed by atoms with Crippen molar-refractivity contribution in [2.24, 2.45) is 5.92 Å². The Morgan fingerprint density at radius 2 is 1.69 bits per heavy atom. The normalized spacial score (nSPS) is 19.0. The van der Waals surface area contributed by atoms with Gasteiger partial charge in [0.1, 0.15) is 0 Å². The second-order valence-corrected chi connectivity index (χ2v) is 7.09. The van der Waals surface area contributed by atoms with Crippen molar-refractivity contribution >= 4 is 48.4 Å². The van der Waals surface area contributed by atoms with Crippen molar-refractivity contribution in [1.29, 1.82) is 0 Å². The molecular weight excluding hydrogens is 393 g/mol. The second kappa shape index (κ2) is 11.8. The largest absolute Gasteiger partial charge is 0.342 e. The van der Waals surface area contributed by atoms with E-state index in [-0.39, 0.29) is 30.7 Å². The lowest BCUT2D eigenvalue weighted by molar-refractivity contribution is -0.133. The van der Waals surface area contributed by atoms with E-state index in [9.17, 15) is 4.79 Å². The number of carbonyl (C=O) groups excluding carboxylic acids is 1. The molecule has 0 bridgehead atoms. The van der Waals surface area contributed by atoms with Crippen LogP contribution in [0.25, 0.3) is 6.08 Å². The standard InChI is InChI=1S/C19H26ClN3O.2ClH/c20-18-5-3-16(4-6-18)1-2-17-7-11-23(12-8-17)19(24)15-22-13-9-21-10-14-22;;/h1-6,17,21H,7-15H2;2*1H/b2-1+;;. The molecule has 0 radical (unpaired) electrons. The van der Waals surface area contributed by atoms with Gasteiger partial charge in [-0.05, 0) is 36.5 Å². The van der Waals surface area contributed by atoms with E-state index < -0.39 is 0 Å². The van der Waals surface area contributed by atoms with Gasteiger partial charge in [0.15, 0.2) is 0 Å². The van der Waals surface area contributed by atoms with Crippen molar-refractivity contribution < 1.29 is 4.79 Å². The third-order valence-corrected chi connectivity index (χ3v) is 5.14. The topological polar surface area (TPSA) is 35.6 Å². The lowest BCUT2D eigenvalue weighted by Gasteiger charge is -2.33. The van der Waals surface area contributed by atoms with E-state index in [1.54, 1.807) is 0 Å². The van der Waals surface area contributed by atoms with Crippen molar-refractivity contribution in [3.63, 3.8) is 0 Å². The highest BCUT2D eigenvalue weighted by molar-refractivity contribution is 6.30. The fraction of sp³-hybridized carbons (Fsp3) is 0.526. The van der Waals surface area contributed by atoms with Gasteiger partial charge in [0.05, 0.1) is 6.54 Å². The van der Waals surface area contributed by atoms with E-state index in [0.717, 1.165) is 57.1 Å². The third kappa shape index (κ3) is 7.09. The van der Waals surface area contributed by atoms with Crippen LogP contribution in [0.4, 0.5) is 0 Å². The summed E-state index contributed by atoms with van der Waals surface area (Å²) in [5.41, 5.74) is 1.18. The summed E-state index contributed by atoms with van der Waals surface area (Å²) in [6.45, 7) is 6.27. The Kier molecular flexibility index (Phi) is 10.6. The van der Waals surface area contributed by atoms with Crippen molar-refractivity contribution in [3.05, 3.63) is 40.9 Å². The molecular formula is C19H28Cl3N3O. The first-order chi connectivity index (χ1) is 11.7. The van der Waals surface area contributed by atoms with E-state index in [1.807, 2.05) is 29.2 Å². The van der Waals surface area contributed by atoms with Crippen LogP contribution < -0.4 is 5.32 Å². The van der Waals surface area contributed by atoms with Crippen molar-refractivity contribution in [2.75, 3.05) is 45.8 Å². The van der Waals surface area contributed by atoms with Gasteiger partial charge in [-0.25, -0.2) is 0 Å². The molecule has 2 aliphatic heterocycles. The van der Waals surface area contributed by atoms with Gasteiger partial charge in [0, 0.05) is 44.3 Å². The maximum atomic E-state index is 12.4. The number of nitrogens with one attached hydrogen (secondary N) is 1. The lowest BCUT2D eigenvalue weighted by atomic mass is 9.95. The molecule has 0 saturated carbocycles. The lowest BCUT2D eigenvalue weighted by Crippen LogP contribution is -2.49. The number of hydrogen-bond acceptors (Lipinski definition) is 3. The van der Waals surface area contributed by atoms with Gasteiger partial charge in [0.2, 0.25) is 5.91 Å². The number of carbonyl (C=O) groups is 1. The highest BCUT2D eigenvalue weighted by atomic mass is 35.5. The predicted molar refractivity (Wildman–Crippen MR) is 114 cm³/mol. The molecule has 1 aromatic carbocycles. The summed E-state index contributed by atoms with van der Waals surface area (Å²) in [6, 6.07) is 7.90. The SMILES string of the molecule is Cl.Cl.O=C(CN1CCNCC1)N1CCC(/C=C/c2ccc(Cl)cc2)CC1. The van der Waals surface area contributed by atoms with Crippen molar-refractivity contribution in [2.45, 2.75) is 12.8 Å². The molecule has 1 N–H and O–H groups in total. The molecule has 0 spiro atoms. The Labute approximate surface area is 173 Å². The Bertz CT molecular complexity index is 566. The minimum Gasteiger partial charge on any atom is -0.342 e. The van der Waals surface area contributed by atoms with Crippen molar-refractivity contribution in [1.82, 2.24) is 15.1 Å². The zero-order chi connectivity index (χ0) is 16.8. The summed E-state index contributed by atoms with van der Waals surface area (Å²) in [5.74, 6) is 0.848. The molecule has 0 aromatic heterocycles. The van der Waals surface area contributed by atoms with Crippen LogP contribution in [-0.4, -0.2) is 61.5 Å². The highest BCUT2D eigenvalue weighted by Crippen LogP contribution is 2.20. The number of piperazine rings is 1. The summed E-state index contributed by atoms with van der Waals surface area (Å²) in [5, 5.41) is 4.09. The minimum absolute atomic E-state index is 0. The number of allylic oxidation sites excluding steroid dienone is 1. The van der Waals surface area contributed by atoms with Gasteiger partial charge in [0.25, 0.3) is 0 Å². The third-order valence-electron chi connectivity index (χ3n) is 4.89. The first-order valence-corrected chi connectivity index (χ1v) is 9.23. The molecule has 1 aromatic rings. The average molecular weight is 421 g/mol. The van der Waals surface area contributed by atoms with E-state index in [0.29, 0.717) is 12.5 Å². The van der Waals surface area contributed by atoms with Gasteiger partial charge in [-0.1, -0.05) is 35.9 Å². The monoisotopic (exact) mass is 419 g/mol. The molecule has 3 rings (SSSR count). The van der Waals surface area contributed by atoms with Gasteiger partial charge < -0.3 is 10.2 Å². The summed E-state index contributed by atoms with van der Waals surface area (Å²) >= 11 is 5.91. The van der Waals surface area contributed by atoms with Crippen LogP contribution in [0.1, 0.15) is 18.4 Å². The molecule has 2 aliphatic rings. The summed E-state index contributed by atoms with van der Waals surface area (Å²) in [4.78, 5) is 16.7. The van der Waals surface area contributed by atoms with Gasteiger partial charge >= 0.3 is 0 Å². The Balaban J connectivity index is 0.00000169. The fourth-order valence-electron chi connectivity index (χ4n) is 3.32.